The van der Waals surface area contributed by atoms with Crippen molar-refractivity contribution in [3.8, 4) is 0 Å². The zero-order chi connectivity index (χ0) is 20.0. The minimum atomic E-state index is -0.233. The van der Waals surface area contributed by atoms with Gasteiger partial charge in [0.15, 0.2) is 0 Å². The van der Waals surface area contributed by atoms with Crippen molar-refractivity contribution in [2.45, 2.75) is 39.5 Å². The molecule has 2 aromatic rings. The smallest absolute Gasteiger partial charge is 0.256 e. The lowest BCUT2D eigenvalue weighted by Gasteiger charge is -2.19. The monoisotopic (exact) mass is 365 g/mol. The summed E-state index contributed by atoms with van der Waals surface area (Å²) in [6.07, 6.45) is 0.411. The quantitative estimate of drug-likeness (QED) is 0.698. The molecule has 142 valence electrons. The lowest BCUT2D eigenvalue weighted by Crippen LogP contribution is -2.26. The number of carbonyl (C=O) groups excluding carboxylic acids is 2. The zero-order valence-electron chi connectivity index (χ0n) is 16.3. The highest BCUT2D eigenvalue weighted by Crippen LogP contribution is 2.22. The van der Waals surface area contributed by atoms with Crippen LogP contribution in [0.1, 0.15) is 50.0 Å². The third-order valence-corrected chi connectivity index (χ3v) is 4.04. The lowest BCUT2D eigenvalue weighted by molar-refractivity contribution is -0.115. The summed E-state index contributed by atoms with van der Waals surface area (Å²) in [5.74, 6) is 0.0697. The summed E-state index contributed by atoms with van der Waals surface area (Å²) < 4.78 is 0. The van der Waals surface area contributed by atoms with Crippen LogP contribution in [0.25, 0.3) is 0 Å². The Balaban J connectivity index is 1.98. The van der Waals surface area contributed by atoms with Crippen molar-refractivity contribution in [1.29, 1.82) is 0 Å². The normalized spacial score (nSPS) is 10.8. The van der Waals surface area contributed by atoms with Crippen LogP contribution in [0, 0.1) is 0 Å². The molecule has 0 atom stereocenters. The molecule has 0 saturated heterocycles. The van der Waals surface area contributed by atoms with E-state index in [1.807, 2.05) is 36.4 Å². The Hall–Kier alpha value is -3.08. The minimum Gasteiger partial charge on any atom is -0.342 e. The molecule has 0 aromatic heterocycles. The van der Waals surface area contributed by atoms with E-state index in [0.29, 0.717) is 23.5 Å². The van der Waals surface area contributed by atoms with Gasteiger partial charge < -0.3 is 16.0 Å². The Morgan fingerprint density at radius 1 is 0.963 bits per heavy atom. The second-order valence-corrected chi connectivity index (χ2v) is 7.37. The van der Waals surface area contributed by atoms with Gasteiger partial charge in [-0.15, -0.1) is 0 Å². The van der Waals surface area contributed by atoms with Crippen LogP contribution in [0.2, 0.25) is 0 Å². The topological polar surface area (TPSA) is 70.2 Å². The molecule has 0 saturated carbocycles. The van der Waals surface area contributed by atoms with Crippen molar-refractivity contribution in [2.24, 2.45) is 0 Å². The van der Waals surface area contributed by atoms with Gasteiger partial charge in [-0.05, 0) is 41.3 Å². The van der Waals surface area contributed by atoms with E-state index in [-0.39, 0.29) is 17.2 Å². The molecule has 2 aromatic carbocycles. The van der Waals surface area contributed by atoms with E-state index < -0.39 is 0 Å². The Labute approximate surface area is 160 Å². The van der Waals surface area contributed by atoms with Gasteiger partial charge in [0, 0.05) is 23.4 Å². The summed E-state index contributed by atoms with van der Waals surface area (Å²) in [6.45, 7) is 12.0. The molecule has 2 rings (SSSR count). The molecule has 0 aliphatic heterocycles. The molecule has 0 unspecified atom stereocenters. The van der Waals surface area contributed by atoms with E-state index in [4.69, 9.17) is 0 Å². The number of benzene rings is 2. The van der Waals surface area contributed by atoms with Crippen molar-refractivity contribution >= 4 is 23.2 Å². The SMILES string of the molecule is C=C(NC(=O)c1ccc(C(C)(C)C)cc1)Nc1cccc(NC(=O)CC)c1. The highest BCUT2D eigenvalue weighted by Gasteiger charge is 2.14. The van der Waals surface area contributed by atoms with E-state index >= 15 is 0 Å². The predicted molar refractivity (Wildman–Crippen MR) is 111 cm³/mol. The number of rotatable bonds is 6. The standard InChI is InChI=1S/C22H27N3O2/c1-6-20(26)25-19-9-7-8-18(14-19)23-15(2)24-21(27)16-10-12-17(13-11-16)22(3,4)5/h7-14,23H,2,6H2,1,3-5H3,(H,24,27)(H,25,26). The van der Waals surface area contributed by atoms with Crippen LogP contribution < -0.4 is 16.0 Å². The third-order valence-electron chi connectivity index (χ3n) is 4.04. The maximum atomic E-state index is 12.4. The molecule has 0 heterocycles. The highest BCUT2D eigenvalue weighted by atomic mass is 16.2. The van der Waals surface area contributed by atoms with E-state index in [1.165, 1.54) is 5.56 Å². The van der Waals surface area contributed by atoms with Gasteiger partial charge in [0.05, 0.1) is 0 Å². The fraction of sp³-hybridized carbons (Fsp3) is 0.273. The molecular weight excluding hydrogens is 338 g/mol. The lowest BCUT2D eigenvalue weighted by atomic mass is 9.87. The van der Waals surface area contributed by atoms with E-state index in [9.17, 15) is 9.59 Å². The Morgan fingerprint density at radius 2 is 1.56 bits per heavy atom. The van der Waals surface area contributed by atoms with Crippen LogP contribution in [-0.4, -0.2) is 11.8 Å². The first-order valence-corrected chi connectivity index (χ1v) is 8.97. The number of nitrogens with one attached hydrogen (secondary N) is 3. The Morgan fingerprint density at radius 3 is 2.11 bits per heavy atom. The van der Waals surface area contributed by atoms with Gasteiger partial charge in [-0.3, -0.25) is 9.59 Å². The predicted octanol–water partition coefficient (Wildman–Crippen LogP) is 4.65. The number of carbonyl (C=O) groups is 2. The summed E-state index contributed by atoms with van der Waals surface area (Å²) in [6, 6.07) is 14.8. The summed E-state index contributed by atoms with van der Waals surface area (Å²) in [5.41, 5.74) is 3.18. The largest absolute Gasteiger partial charge is 0.342 e. The van der Waals surface area contributed by atoms with E-state index in [2.05, 4.69) is 43.3 Å². The molecule has 5 heteroatoms. The van der Waals surface area contributed by atoms with Crippen molar-refractivity contribution in [2.75, 3.05) is 10.6 Å². The Bertz CT molecular complexity index is 833. The molecular formula is C22H27N3O2. The van der Waals surface area contributed by atoms with Crippen molar-refractivity contribution in [1.82, 2.24) is 5.32 Å². The highest BCUT2D eigenvalue weighted by molar-refractivity contribution is 5.95. The zero-order valence-corrected chi connectivity index (χ0v) is 16.3. The van der Waals surface area contributed by atoms with Gasteiger partial charge in [-0.25, -0.2) is 0 Å². The van der Waals surface area contributed by atoms with Crippen molar-refractivity contribution < 1.29 is 9.59 Å². The Kier molecular flexibility index (Phi) is 6.40. The minimum absolute atomic E-state index is 0.0400. The number of hydrogen-bond donors (Lipinski definition) is 3. The second-order valence-electron chi connectivity index (χ2n) is 7.37. The van der Waals surface area contributed by atoms with Crippen LogP contribution in [0.5, 0.6) is 0 Å². The maximum absolute atomic E-state index is 12.4. The van der Waals surface area contributed by atoms with Crippen LogP contribution in [0.4, 0.5) is 11.4 Å². The summed E-state index contributed by atoms with van der Waals surface area (Å²) >= 11 is 0. The summed E-state index contributed by atoms with van der Waals surface area (Å²) in [7, 11) is 0. The summed E-state index contributed by atoms with van der Waals surface area (Å²) in [4.78, 5) is 23.9. The first kappa shape index (κ1) is 20.2. The average molecular weight is 365 g/mol. The number of anilines is 2. The van der Waals surface area contributed by atoms with Gasteiger partial charge in [0.2, 0.25) is 5.91 Å². The molecule has 0 spiro atoms. The molecule has 0 bridgehead atoms. The van der Waals surface area contributed by atoms with Gasteiger partial charge in [-0.1, -0.05) is 52.5 Å². The van der Waals surface area contributed by atoms with E-state index in [1.54, 1.807) is 19.1 Å². The first-order chi connectivity index (χ1) is 12.7. The van der Waals surface area contributed by atoms with Crippen LogP contribution in [0.3, 0.4) is 0 Å². The van der Waals surface area contributed by atoms with Gasteiger partial charge in [-0.2, -0.15) is 0 Å². The molecule has 2 amide bonds. The molecule has 0 fully saturated rings. The van der Waals surface area contributed by atoms with E-state index in [0.717, 1.165) is 5.69 Å². The second kappa shape index (κ2) is 8.54. The number of hydrogen-bond acceptors (Lipinski definition) is 3. The van der Waals surface area contributed by atoms with Crippen LogP contribution in [0.15, 0.2) is 60.9 Å². The van der Waals surface area contributed by atoms with Gasteiger partial charge in [0.1, 0.15) is 5.82 Å². The fourth-order valence-electron chi connectivity index (χ4n) is 2.46. The van der Waals surface area contributed by atoms with Crippen molar-refractivity contribution in [3.63, 3.8) is 0 Å². The molecule has 27 heavy (non-hydrogen) atoms. The molecule has 0 radical (unpaired) electrons. The molecule has 5 nitrogen and oxygen atoms in total. The average Bonchev–Trinajstić information content (AvgIpc) is 2.61. The summed E-state index contributed by atoms with van der Waals surface area (Å²) in [5, 5.41) is 8.57. The van der Waals surface area contributed by atoms with Crippen molar-refractivity contribution in [3.05, 3.63) is 72.1 Å². The number of amides is 2. The van der Waals surface area contributed by atoms with Gasteiger partial charge in [0.25, 0.3) is 5.91 Å². The third kappa shape index (κ3) is 5.99. The van der Waals surface area contributed by atoms with Crippen LogP contribution in [-0.2, 0) is 10.2 Å². The van der Waals surface area contributed by atoms with Crippen LogP contribution >= 0.6 is 0 Å². The molecule has 3 N–H and O–H groups in total. The first-order valence-electron chi connectivity index (χ1n) is 8.97. The molecule has 0 aliphatic rings. The van der Waals surface area contributed by atoms with Gasteiger partial charge >= 0.3 is 0 Å². The molecule has 0 aliphatic carbocycles. The maximum Gasteiger partial charge on any atom is 0.256 e. The fourth-order valence-corrected chi connectivity index (χ4v) is 2.46.